The molecule has 1 aromatic heterocycles. The molecule has 0 spiro atoms. The van der Waals surface area contributed by atoms with Crippen LogP contribution in [0.25, 0.3) is 0 Å². The van der Waals surface area contributed by atoms with E-state index in [4.69, 9.17) is 11.6 Å². The van der Waals surface area contributed by atoms with E-state index in [1.807, 2.05) is 44.3 Å². The van der Waals surface area contributed by atoms with Crippen LogP contribution in [0.4, 0.5) is 0 Å². The first kappa shape index (κ1) is 18.9. The lowest BCUT2D eigenvalue weighted by atomic mass is 10.1. The van der Waals surface area contributed by atoms with Gasteiger partial charge in [0.15, 0.2) is 0 Å². The van der Waals surface area contributed by atoms with E-state index in [-0.39, 0.29) is 18.4 Å². The minimum absolute atomic E-state index is 0.155. The summed E-state index contributed by atoms with van der Waals surface area (Å²) in [6.45, 7) is 4.68. The average molecular weight is 382 g/mol. The summed E-state index contributed by atoms with van der Waals surface area (Å²) in [5.41, 5.74) is 2.51. The summed E-state index contributed by atoms with van der Waals surface area (Å²) in [5, 5.41) is 5.13. The van der Waals surface area contributed by atoms with Gasteiger partial charge in [0, 0.05) is 11.2 Å². The fourth-order valence-corrected chi connectivity index (χ4v) is 3.12. The molecule has 3 aromatic rings. The van der Waals surface area contributed by atoms with Crippen LogP contribution in [0.5, 0.6) is 0 Å². The standard InChI is InChI=1S/C19H14ClN3O2.C2H6/c20-17-8-4-1-5-13(17)11-22-10-9-14(21-22)12-23-18(24)15-6-2-3-7-16(15)19(23)25;1-2/h1-10H,11-12H2;1-2H3. The van der Waals surface area contributed by atoms with Crippen molar-refractivity contribution < 1.29 is 9.59 Å². The second-order valence-corrected chi connectivity index (χ2v) is 6.25. The first-order valence-electron chi connectivity index (χ1n) is 8.84. The third-order valence-electron chi connectivity index (χ3n) is 4.18. The Labute approximate surface area is 163 Å². The normalized spacial score (nSPS) is 12.6. The molecule has 27 heavy (non-hydrogen) atoms. The van der Waals surface area contributed by atoms with Crippen molar-refractivity contribution in [2.45, 2.75) is 26.9 Å². The second kappa shape index (κ2) is 8.18. The third-order valence-corrected chi connectivity index (χ3v) is 4.55. The largest absolute Gasteiger partial charge is 0.269 e. The summed E-state index contributed by atoms with van der Waals surface area (Å²) < 4.78 is 1.74. The van der Waals surface area contributed by atoms with Crippen LogP contribution in [0.1, 0.15) is 45.8 Å². The van der Waals surface area contributed by atoms with E-state index in [9.17, 15) is 9.59 Å². The van der Waals surface area contributed by atoms with Crippen LogP contribution in [0, 0.1) is 0 Å². The third kappa shape index (κ3) is 3.78. The van der Waals surface area contributed by atoms with Gasteiger partial charge in [-0.3, -0.25) is 19.2 Å². The maximum Gasteiger partial charge on any atom is 0.261 e. The first-order valence-corrected chi connectivity index (χ1v) is 9.22. The summed E-state index contributed by atoms with van der Waals surface area (Å²) >= 11 is 6.17. The van der Waals surface area contributed by atoms with Crippen molar-refractivity contribution in [1.82, 2.24) is 14.7 Å². The Balaban J connectivity index is 0.00000102. The molecule has 2 aromatic carbocycles. The predicted molar refractivity (Wildman–Crippen MR) is 105 cm³/mol. The molecule has 138 valence electrons. The highest BCUT2D eigenvalue weighted by molar-refractivity contribution is 6.31. The number of hydrogen-bond donors (Lipinski definition) is 0. The van der Waals surface area contributed by atoms with Crippen LogP contribution < -0.4 is 0 Å². The molecule has 2 heterocycles. The quantitative estimate of drug-likeness (QED) is 0.629. The minimum atomic E-state index is -0.277. The van der Waals surface area contributed by atoms with E-state index < -0.39 is 0 Å². The fraction of sp³-hybridized carbons (Fsp3) is 0.190. The Morgan fingerprint density at radius 3 is 2.07 bits per heavy atom. The number of nitrogens with zero attached hydrogens (tertiary/aromatic N) is 3. The Morgan fingerprint density at radius 2 is 1.44 bits per heavy atom. The number of carbonyl (C=O) groups is 2. The van der Waals surface area contributed by atoms with Gasteiger partial charge in [-0.2, -0.15) is 5.10 Å². The van der Waals surface area contributed by atoms with E-state index >= 15 is 0 Å². The number of hydrogen-bond acceptors (Lipinski definition) is 3. The van der Waals surface area contributed by atoms with Crippen molar-refractivity contribution in [2.24, 2.45) is 0 Å². The van der Waals surface area contributed by atoms with Crippen LogP contribution >= 0.6 is 11.6 Å². The van der Waals surface area contributed by atoms with Gasteiger partial charge in [-0.05, 0) is 29.8 Å². The molecule has 0 saturated carbocycles. The van der Waals surface area contributed by atoms with Gasteiger partial charge in [-0.25, -0.2) is 0 Å². The van der Waals surface area contributed by atoms with E-state index in [1.54, 1.807) is 35.0 Å². The summed E-state index contributed by atoms with van der Waals surface area (Å²) in [4.78, 5) is 26.0. The zero-order valence-electron chi connectivity index (χ0n) is 15.2. The molecule has 0 N–H and O–H groups in total. The number of imide groups is 1. The lowest BCUT2D eigenvalue weighted by Crippen LogP contribution is -2.29. The Bertz CT molecular complexity index is 946. The van der Waals surface area contributed by atoms with Gasteiger partial charge in [0.1, 0.15) is 0 Å². The molecular formula is C21H20ClN3O2. The summed E-state index contributed by atoms with van der Waals surface area (Å²) in [5.74, 6) is -0.553. The van der Waals surface area contributed by atoms with Gasteiger partial charge in [0.2, 0.25) is 0 Å². The highest BCUT2D eigenvalue weighted by Crippen LogP contribution is 2.24. The number of aromatic nitrogens is 2. The number of amides is 2. The molecule has 5 nitrogen and oxygen atoms in total. The van der Waals surface area contributed by atoms with Crippen molar-refractivity contribution in [3.05, 3.63) is 88.2 Å². The average Bonchev–Trinajstić information content (AvgIpc) is 3.24. The van der Waals surface area contributed by atoms with Crippen molar-refractivity contribution in [2.75, 3.05) is 0 Å². The van der Waals surface area contributed by atoms with Gasteiger partial charge < -0.3 is 0 Å². The summed E-state index contributed by atoms with van der Waals surface area (Å²) in [7, 11) is 0. The molecular weight excluding hydrogens is 362 g/mol. The molecule has 0 fully saturated rings. The number of fused-ring (bicyclic) bond motifs is 1. The van der Waals surface area contributed by atoms with Crippen LogP contribution in [-0.4, -0.2) is 26.5 Å². The molecule has 1 aliphatic rings. The van der Waals surface area contributed by atoms with E-state index in [0.717, 1.165) is 5.56 Å². The molecule has 0 saturated heterocycles. The van der Waals surface area contributed by atoms with Crippen molar-refractivity contribution in [3.63, 3.8) is 0 Å². The Morgan fingerprint density at radius 1 is 0.852 bits per heavy atom. The van der Waals surface area contributed by atoms with Crippen LogP contribution in [0.3, 0.4) is 0 Å². The molecule has 0 atom stereocenters. The lowest BCUT2D eigenvalue weighted by molar-refractivity contribution is 0.0640. The Kier molecular flexibility index (Phi) is 5.72. The zero-order chi connectivity index (χ0) is 19.4. The predicted octanol–water partition coefficient (Wildman–Crippen LogP) is 4.41. The van der Waals surface area contributed by atoms with Crippen LogP contribution in [0.2, 0.25) is 5.02 Å². The maximum absolute atomic E-state index is 12.4. The van der Waals surface area contributed by atoms with Crippen molar-refractivity contribution in [3.8, 4) is 0 Å². The number of halogens is 1. The molecule has 1 aliphatic heterocycles. The van der Waals surface area contributed by atoms with Gasteiger partial charge in [0.05, 0.1) is 29.9 Å². The maximum atomic E-state index is 12.4. The molecule has 0 radical (unpaired) electrons. The first-order chi connectivity index (χ1) is 13.1. The fourth-order valence-electron chi connectivity index (χ4n) is 2.92. The molecule has 0 unspecified atom stereocenters. The topological polar surface area (TPSA) is 55.2 Å². The van der Waals surface area contributed by atoms with Crippen LogP contribution in [-0.2, 0) is 13.1 Å². The molecule has 6 heteroatoms. The Hall–Kier alpha value is -2.92. The number of carbonyl (C=O) groups excluding carboxylic acids is 2. The van der Waals surface area contributed by atoms with Gasteiger partial charge in [0.25, 0.3) is 11.8 Å². The highest BCUT2D eigenvalue weighted by Gasteiger charge is 2.35. The summed E-state index contributed by atoms with van der Waals surface area (Å²) in [6, 6.07) is 16.2. The van der Waals surface area contributed by atoms with Crippen molar-refractivity contribution >= 4 is 23.4 Å². The number of benzene rings is 2. The van der Waals surface area contributed by atoms with E-state index in [2.05, 4.69) is 5.10 Å². The zero-order valence-corrected chi connectivity index (χ0v) is 16.0. The van der Waals surface area contributed by atoms with Gasteiger partial charge in [-0.15, -0.1) is 0 Å². The molecule has 0 bridgehead atoms. The van der Waals surface area contributed by atoms with Gasteiger partial charge in [-0.1, -0.05) is 55.8 Å². The SMILES string of the molecule is CC.O=C1c2ccccc2C(=O)N1Cc1ccn(Cc2ccccc2Cl)n1. The molecule has 2 amide bonds. The lowest BCUT2D eigenvalue weighted by Gasteiger charge is -2.11. The highest BCUT2D eigenvalue weighted by atomic mass is 35.5. The smallest absolute Gasteiger partial charge is 0.261 e. The van der Waals surface area contributed by atoms with E-state index in [0.29, 0.717) is 28.4 Å². The summed E-state index contributed by atoms with van der Waals surface area (Å²) in [6.07, 6.45) is 1.82. The minimum Gasteiger partial charge on any atom is -0.269 e. The molecule has 0 aliphatic carbocycles. The van der Waals surface area contributed by atoms with Crippen molar-refractivity contribution in [1.29, 1.82) is 0 Å². The second-order valence-electron chi connectivity index (χ2n) is 5.84. The van der Waals surface area contributed by atoms with Gasteiger partial charge >= 0.3 is 0 Å². The number of rotatable bonds is 4. The monoisotopic (exact) mass is 381 g/mol. The molecule has 4 rings (SSSR count). The van der Waals surface area contributed by atoms with E-state index in [1.165, 1.54) is 4.90 Å². The van der Waals surface area contributed by atoms with Crippen LogP contribution in [0.15, 0.2) is 60.8 Å².